The molecule has 0 spiro atoms. The Morgan fingerprint density at radius 1 is 1.32 bits per heavy atom. The lowest BCUT2D eigenvalue weighted by Crippen LogP contribution is -2.46. The van der Waals surface area contributed by atoms with Crippen LogP contribution in [0.15, 0.2) is 12.7 Å². The molecule has 4 nitrogen and oxygen atoms in total. The van der Waals surface area contributed by atoms with Gasteiger partial charge in [-0.3, -0.25) is 4.79 Å². The van der Waals surface area contributed by atoms with E-state index in [-0.39, 0.29) is 11.9 Å². The third-order valence-electron chi connectivity index (χ3n) is 4.46. The van der Waals surface area contributed by atoms with Gasteiger partial charge in [0, 0.05) is 12.5 Å². The molecule has 19 heavy (non-hydrogen) atoms. The van der Waals surface area contributed by atoms with Crippen LogP contribution >= 0.6 is 0 Å². The number of fused-ring (bicyclic) bond motifs is 1. The van der Waals surface area contributed by atoms with E-state index in [9.17, 15) is 14.7 Å². The van der Waals surface area contributed by atoms with Gasteiger partial charge in [-0.05, 0) is 38.0 Å². The lowest BCUT2D eigenvalue weighted by molar-refractivity contribution is -0.149. The average molecular weight is 265 g/mol. The summed E-state index contributed by atoms with van der Waals surface area (Å²) in [5.41, 5.74) is 0. The molecule has 1 heterocycles. The Kier molecular flexibility index (Phi) is 4.61. The number of aliphatic carboxylic acids is 1. The maximum atomic E-state index is 12.3. The fourth-order valence-electron chi connectivity index (χ4n) is 3.57. The van der Waals surface area contributed by atoms with Crippen LogP contribution in [0, 0.1) is 5.92 Å². The minimum atomic E-state index is -0.841. The Hall–Kier alpha value is -1.32. The van der Waals surface area contributed by atoms with Crippen LogP contribution in [0.25, 0.3) is 0 Å². The monoisotopic (exact) mass is 265 g/mol. The average Bonchev–Trinajstić information content (AvgIpc) is 2.78. The van der Waals surface area contributed by atoms with Crippen molar-refractivity contribution in [2.75, 3.05) is 0 Å². The summed E-state index contributed by atoms with van der Waals surface area (Å²) >= 11 is 0. The van der Waals surface area contributed by atoms with Crippen molar-refractivity contribution in [1.82, 2.24) is 4.90 Å². The van der Waals surface area contributed by atoms with Crippen LogP contribution in [0.5, 0.6) is 0 Å². The molecule has 0 bridgehead atoms. The van der Waals surface area contributed by atoms with Gasteiger partial charge in [-0.1, -0.05) is 18.9 Å². The molecule has 0 aromatic carbocycles. The Morgan fingerprint density at radius 2 is 2.05 bits per heavy atom. The highest BCUT2D eigenvalue weighted by molar-refractivity contribution is 5.84. The fraction of sp³-hybridized carbons (Fsp3) is 0.733. The molecule has 0 aromatic heterocycles. The van der Waals surface area contributed by atoms with Crippen LogP contribution in [-0.2, 0) is 9.59 Å². The van der Waals surface area contributed by atoms with E-state index >= 15 is 0 Å². The highest BCUT2D eigenvalue weighted by Gasteiger charge is 2.46. The normalized spacial score (nSPS) is 29.9. The molecule has 1 saturated carbocycles. The van der Waals surface area contributed by atoms with E-state index in [0.29, 0.717) is 18.8 Å². The zero-order chi connectivity index (χ0) is 13.8. The van der Waals surface area contributed by atoms with Crippen molar-refractivity contribution >= 4 is 11.9 Å². The zero-order valence-corrected chi connectivity index (χ0v) is 11.4. The molecule has 0 aromatic rings. The number of unbranched alkanes of at least 4 members (excludes halogenated alkanes) is 1. The number of amides is 1. The van der Waals surface area contributed by atoms with Crippen LogP contribution in [0.1, 0.15) is 51.4 Å². The number of hydrogen-bond acceptors (Lipinski definition) is 2. The molecule has 1 saturated heterocycles. The van der Waals surface area contributed by atoms with Gasteiger partial charge in [-0.15, -0.1) is 6.58 Å². The van der Waals surface area contributed by atoms with Crippen LogP contribution in [0.3, 0.4) is 0 Å². The van der Waals surface area contributed by atoms with Crippen LogP contribution in [-0.4, -0.2) is 34.0 Å². The molecule has 3 unspecified atom stereocenters. The predicted octanol–water partition coefficient (Wildman–Crippen LogP) is 2.59. The minimum absolute atomic E-state index is 0.0173. The number of hydrogen-bond donors (Lipinski definition) is 1. The summed E-state index contributed by atoms with van der Waals surface area (Å²) in [4.78, 5) is 25.4. The summed E-state index contributed by atoms with van der Waals surface area (Å²) in [5.74, 6) is -0.423. The van der Waals surface area contributed by atoms with Gasteiger partial charge in [0.1, 0.15) is 6.04 Å². The molecular weight excluding hydrogens is 242 g/mol. The molecule has 0 radical (unpaired) electrons. The molecule has 2 aliphatic rings. The van der Waals surface area contributed by atoms with Gasteiger partial charge < -0.3 is 10.0 Å². The Labute approximate surface area is 114 Å². The SMILES string of the molecule is C=CCCCC(=O)N1C(C(=O)O)CC2CCCCC21. The number of carboxylic acid groups (broad SMARTS) is 1. The first-order valence-electron chi connectivity index (χ1n) is 7.30. The topological polar surface area (TPSA) is 57.6 Å². The molecule has 3 atom stereocenters. The lowest BCUT2D eigenvalue weighted by atomic mass is 9.84. The number of rotatable bonds is 5. The van der Waals surface area contributed by atoms with Crippen LogP contribution in [0.4, 0.5) is 0 Å². The number of allylic oxidation sites excluding steroid dienone is 1. The van der Waals surface area contributed by atoms with E-state index < -0.39 is 12.0 Å². The first kappa shape index (κ1) is 14.1. The number of carbonyl (C=O) groups excluding carboxylic acids is 1. The fourth-order valence-corrected chi connectivity index (χ4v) is 3.57. The highest BCUT2D eigenvalue weighted by Crippen LogP contribution is 2.40. The zero-order valence-electron chi connectivity index (χ0n) is 11.4. The molecular formula is C15H23NO3. The summed E-state index contributed by atoms with van der Waals surface area (Å²) in [5, 5.41) is 9.34. The van der Waals surface area contributed by atoms with E-state index in [0.717, 1.165) is 32.1 Å². The smallest absolute Gasteiger partial charge is 0.326 e. The van der Waals surface area contributed by atoms with E-state index in [1.165, 1.54) is 6.42 Å². The summed E-state index contributed by atoms with van der Waals surface area (Å²) < 4.78 is 0. The largest absolute Gasteiger partial charge is 0.480 e. The highest BCUT2D eigenvalue weighted by atomic mass is 16.4. The third kappa shape index (κ3) is 2.99. The molecule has 106 valence electrons. The van der Waals surface area contributed by atoms with Gasteiger partial charge in [0.05, 0.1) is 0 Å². The standard InChI is InChI=1S/C15H23NO3/c1-2-3-4-9-14(17)16-12-8-6-5-7-11(12)10-13(16)15(18)19/h2,11-13H,1,3-10H2,(H,18,19). The van der Waals surface area contributed by atoms with Gasteiger partial charge in [0.25, 0.3) is 0 Å². The van der Waals surface area contributed by atoms with Gasteiger partial charge in [0.2, 0.25) is 5.91 Å². The van der Waals surface area contributed by atoms with E-state index in [1.54, 1.807) is 11.0 Å². The van der Waals surface area contributed by atoms with Crippen molar-refractivity contribution in [2.24, 2.45) is 5.92 Å². The Balaban J connectivity index is 2.06. The number of nitrogens with zero attached hydrogens (tertiary/aromatic N) is 1. The quantitative estimate of drug-likeness (QED) is 0.614. The number of carbonyl (C=O) groups is 2. The first-order valence-corrected chi connectivity index (χ1v) is 7.30. The molecule has 2 fully saturated rings. The van der Waals surface area contributed by atoms with E-state index in [4.69, 9.17) is 0 Å². The van der Waals surface area contributed by atoms with E-state index in [1.807, 2.05) is 0 Å². The molecule has 1 aliphatic heterocycles. The number of likely N-dealkylation sites (tertiary alicyclic amines) is 1. The van der Waals surface area contributed by atoms with Gasteiger partial charge in [0.15, 0.2) is 0 Å². The minimum Gasteiger partial charge on any atom is -0.480 e. The van der Waals surface area contributed by atoms with Crippen molar-refractivity contribution in [2.45, 2.75) is 63.5 Å². The molecule has 1 amide bonds. The van der Waals surface area contributed by atoms with Gasteiger partial charge in [-0.25, -0.2) is 4.79 Å². The Bertz CT molecular complexity index is 366. The Morgan fingerprint density at radius 3 is 2.74 bits per heavy atom. The van der Waals surface area contributed by atoms with Gasteiger partial charge in [-0.2, -0.15) is 0 Å². The van der Waals surface area contributed by atoms with E-state index in [2.05, 4.69) is 6.58 Å². The maximum Gasteiger partial charge on any atom is 0.326 e. The predicted molar refractivity (Wildman–Crippen MR) is 72.7 cm³/mol. The van der Waals surface area contributed by atoms with Crippen molar-refractivity contribution in [3.63, 3.8) is 0 Å². The summed E-state index contributed by atoms with van der Waals surface area (Å²) in [6, 6.07) is -0.421. The second-order valence-corrected chi connectivity index (χ2v) is 5.68. The maximum absolute atomic E-state index is 12.3. The molecule has 4 heteroatoms. The van der Waals surface area contributed by atoms with Crippen molar-refractivity contribution < 1.29 is 14.7 Å². The second kappa shape index (κ2) is 6.22. The second-order valence-electron chi connectivity index (χ2n) is 5.68. The summed E-state index contributed by atoms with van der Waals surface area (Å²) in [6.45, 7) is 3.64. The summed E-state index contributed by atoms with van der Waals surface area (Å²) in [7, 11) is 0. The number of carboxylic acids is 1. The van der Waals surface area contributed by atoms with Crippen molar-refractivity contribution in [3.05, 3.63) is 12.7 Å². The molecule has 1 N–H and O–H groups in total. The van der Waals surface area contributed by atoms with Gasteiger partial charge >= 0.3 is 5.97 Å². The third-order valence-corrected chi connectivity index (χ3v) is 4.46. The molecule has 2 rings (SSSR count). The summed E-state index contributed by atoms with van der Waals surface area (Å²) in [6.07, 6.45) is 8.80. The van der Waals surface area contributed by atoms with Crippen LogP contribution < -0.4 is 0 Å². The van der Waals surface area contributed by atoms with Crippen LogP contribution in [0.2, 0.25) is 0 Å². The lowest BCUT2D eigenvalue weighted by Gasteiger charge is -2.33. The van der Waals surface area contributed by atoms with Crippen molar-refractivity contribution in [3.8, 4) is 0 Å². The van der Waals surface area contributed by atoms with Crippen molar-refractivity contribution in [1.29, 1.82) is 0 Å². The first-order chi connectivity index (χ1) is 9.15. The molecule has 1 aliphatic carbocycles.